The fourth-order valence-corrected chi connectivity index (χ4v) is 2.90. The van der Waals surface area contributed by atoms with Gasteiger partial charge in [-0.05, 0) is 44.2 Å². The quantitative estimate of drug-likeness (QED) is 0.614. The van der Waals surface area contributed by atoms with Crippen LogP contribution in [0.2, 0.25) is 0 Å². The van der Waals surface area contributed by atoms with Crippen LogP contribution in [-0.2, 0) is 0 Å². The molecule has 0 saturated carbocycles. The summed E-state index contributed by atoms with van der Waals surface area (Å²) in [5.41, 5.74) is 0.805. The van der Waals surface area contributed by atoms with Gasteiger partial charge in [0, 0.05) is 37.4 Å². The van der Waals surface area contributed by atoms with Gasteiger partial charge in [-0.1, -0.05) is 6.92 Å². The number of nitro groups is 1. The average Bonchev–Trinajstić information content (AvgIpc) is 2.55. The summed E-state index contributed by atoms with van der Waals surface area (Å²) in [6.45, 7) is 5.54. The number of nitrogens with one attached hydrogen (secondary N) is 1. The first-order chi connectivity index (χ1) is 11.4. The Hall–Kier alpha value is -2.15. The maximum Gasteiger partial charge on any atom is 0.293 e. The number of nitrogens with zero attached hydrogens (tertiary/aromatic N) is 2. The minimum absolute atomic E-state index is 0.0199. The molecule has 0 unspecified atom stereocenters. The highest BCUT2D eigenvalue weighted by molar-refractivity contribution is 5.96. The van der Waals surface area contributed by atoms with Gasteiger partial charge in [-0.2, -0.15) is 0 Å². The molecule has 0 bridgehead atoms. The number of carbonyl (C=O) groups excluding carboxylic acids is 1. The van der Waals surface area contributed by atoms with Crippen LogP contribution in [0.1, 0.15) is 43.5 Å². The molecule has 7 nitrogen and oxygen atoms in total. The van der Waals surface area contributed by atoms with Crippen LogP contribution >= 0.6 is 0 Å². The maximum atomic E-state index is 12.2. The van der Waals surface area contributed by atoms with Crippen molar-refractivity contribution in [2.45, 2.75) is 39.2 Å². The predicted molar refractivity (Wildman–Crippen MR) is 92.3 cm³/mol. The Bertz CT molecular complexity index is 597. The molecule has 1 atom stereocenters. The van der Waals surface area contributed by atoms with Crippen molar-refractivity contribution in [3.05, 3.63) is 33.9 Å². The molecule has 1 saturated heterocycles. The van der Waals surface area contributed by atoms with Gasteiger partial charge in [0.2, 0.25) is 0 Å². The van der Waals surface area contributed by atoms with Crippen LogP contribution in [0.25, 0.3) is 0 Å². The van der Waals surface area contributed by atoms with E-state index in [0.29, 0.717) is 18.0 Å². The molecule has 24 heavy (non-hydrogen) atoms. The Morgan fingerprint density at radius 1 is 1.46 bits per heavy atom. The van der Waals surface area contributed by atoms with Gasteiger partial charge >= 0.3 is 0 Å². The number of aliphatic hydroxyl groups is 1. The Kier molecular flexibility index (Phi) is 6.14. The number of rotatable bonds is 6. The normalized spacial score (nSPS) is 16.7. The van der Waals surface area contributed by atoms with Gasteiger partial charge in [-0.25, -0.2) is 0 Å². The molecule has 132 valence electrons. The Morgan fingerprint density at radius 3 is 2.71 bits per heavy atom. The van der Waals surface area contributed by atoms with Crippen molar-refractivity contribution in [2.24, 2.45) is 5.92 Å². The minimum atomic E-state index is -0.429. The SMILES string of the molecule is CC1CCN(c2ccc(C(=O)N[C@H](C)CCO)cc2[N+](=O)[O-])CC1. The average molecular weight is 335 g/mol. The van der Waals surface area contributed by atoms with Gasteiger partial charge in [0.05, 0.1) is 4.92 Å². The molecule has 0 radical (unpaired) electrons. The number of piperidine rings is 1. The van der Waals surface area contributed by atoms with Crippen molar-refractivity contribution < 1.29 is 14.8 Å². The van der Waals surface area contributed by atoms with Crippen LogP contribution in [0.4, 0.5) is 11.4 Å². The first-order valence-electron chi connectivity index (χ1n) is 8.37. The number of amides is 1. The fourth-order valence-electron chi connectivity index (χ4n) is 2.90. The largest absolute Gasteiger partial charge is 0.396 e. The lowest BCUT2D eigenvalue weighted by Crippen LogP contribution is -2.34. The van der Waals surface area contributed by atoms with E-state index in [2.05, 4.69) is 12.2 Å². The molecule has 0 aromatic heterocycles. The van der Waals surface area contributed by atoms with Gasteiger partial charge in [0.15, 0.2) is 0 Å². The molecule has 1 aromatic rings. The van der Waals surface area contributed by atoms with E-state index in [0.717, 1.165) is 25.9 Å². The van der Waals surface area contributed by atoms with Crippen molar-refractivity contribution in [3.8, 4) is 0 Å². The minimum Gasteiger partial charge on any atom is -0.396 e. The molecule has 1 amide bonds. The standard InChI is InChI=1S/C17H25N3O4/c1-12-5-8-19(9-6-12)15-4-3-14(11-16(15)20(23)24)17(22)18-13(2)7-10-21/h3-4,11-13,21H,5-10H2,1-2H3,(H,18,22)/t13-/m1/s1. The highest BCUT2D eigenvalue weighted by Crippen LogP contribution is 2.32. The Balaban J connectivity index is 2.20. The molecule has 2 rings (SSSR count). The first-order valence-corrected chi connectivity index (χ1v) is 8.37. The predicted octanol–water partition coefficient (Wildman–Crippen LogP) is 2.33. The van der Waals surface area contributed by atoms with E-state index < -0.39 is 4.92 Å². The summed E-state index contributed by atoms with van der Waals surface area (Å²) < 4.78 is 0. The Morgan fingerprint density at radius 2 is 2.12 bits per heavy atom. The van der Waals surface area contributed by atoms with Crippen LogP contribution in [0, 0.1) is 16.0 Å². The van der Waals surface area contributed by atoms with Crippen LogP contribution < -0.4 is 10.2 Å². The molecule has 0 aliphatic carbocycles. The summed E-state index contributed by atoms with van der Waals surface area (Å²) in [7, 11) is 0. The third-order valence-electron chi connectivity index (χ3n) is 4.50. The van der Waals surface area contributed by atoms with E-state index in [1.165, 1.54) is 6.07 Å². The second-order valence-electron chi connectivity index (χ2n) is 6.52. The Labute approximate surface area is 141 Å². The van der Waals surface area contributed by atoms with Gasteiger partial charge in [0.25, 0.3) is 11.6 Å². The zero-order valence-corrected chi connectivity index (χ0v) is 14.2. The van der Waals surface area contributed by atoms with Crippen LogP contribution in [0.5, 0.6) is 0 Å². The zero-order chi connectivity index (χ0) is 17.7. The number of benzene rings is 1. The molecule has 0 spiro atoms. The first kappa shape index (κ1) is 18.2. The van der Waals surface area contributed by atoms with E-state index in [1.54, 1.807) is 19.1 Å². The van der Waals surface area contributed by atoms with Crippen LogP contribution in [-0.4, -0.2) is 41.7 Å². The second kappa shape index (κ2) is 8.10. The fraction of sp³-hybridized carbons (Fsp3) is 0.588. The monoisotopic (exact) mass is 335 g/mol. The van der Waals surface area contributed by atoms with Gasteiger partial charge < -0.3 is 15.3 Å². The molecule has 1 aliphatic heterocycles. The summed E-state index contributed by atoms with van der Waals surface area (Å²) in [5.74, 6) is 0.274. The molecule has 1 heterocycles. The highest BCUT2D eigenvalue weighted by atomic mass is 16.6. The third-order valence-corrected chi connectivity index (χ3v) is 4.50. The lowest BCUT2D eigenvalue weighted by atomic mass is 9.98. The van der Waals surface area contributed by atoms with Gasteiger partial charge in [-0.3, -0.25) is 14.9 Å². The number of aliphatic hydroxyl groups excluding tert-OH is 1. The van der Waals surface area contributed by atoms with Crippen molar-refractivity contribution in [2.75, 3.05) is 24.6 Å². The van der Waals surface area contributed by atoms with Crippen molar-refractivity contribution in [1.82, 2.24) is 5.32 Å². The van der Waals surface area contributed by atoms with Crippen molar-refractivity contribution >= 4 is 17.3 Å². The molecular formula is C17H25N3O4. The number of anilines is 1. The smallest absolute Gasteiger partial charge is 0.293 e. The maximum absolute atomic E-state index is 12.2. The molecule has 7 heteroatoms. The van der Waals surface area contributed by atoms with E-state index >= 15 is 0 Å². The summed E-state index contributed by atoms with van der Waals surface area (Å²) in [4.78, 5) is 25.2. The summed E-state index contributed by atoms with van der Waals surface area (Å²) >= 11 is 0. The molecular weight excluding hydrogens is 310 g/mol. The highest BCUT2D eigenvalue weighted by Gasteiger charge is 2.25. The van der Waals surface area contributed by atoms with Crippen molar-refractivity contribution in [1.29, 1.82) is 0 Å². The molecule has 2 N–H and O–H groups in total. The van der Waals surface area contributed by atoms with Crippen molar-refractivity contribution in [3.63, 3.8) is 0 Å². The van der Waals surface area contributed by atoms with E-state index in [-0.39, 0.29) is 29.8 Å². The van der Waals surface area contributed by atoms with Crippen LogP contribution in [0.3, 0.4) is 0 Å². The zero-order valence-electron chi connectivity index (χ0n) is 14.2. The lowest BCUT2D eigenvalue weighted by molar-refractivity contribution is -0.384. The number of hydrogen-bond donors (Lipinski definition) is 2. The second-order valence-corrected chi connectivity index (χ2v) is 6.52. The number of carbonyl (C=O) groups is 1. The summed E-state index contributed by atoms with van der Waals surface area (Å²) in [6, 6.07) is 4.44. The molecule has 1 aromatic carbocycles. The van der Waals surface area contributed by atoms with Gasteiger partial charge in [0.1, 0.15) is 5.69 Å². The lowest BCUT2D eigenvalue weighted by Gasteiger charge is -2.31. The summed E-state index contributed by atoms with van der Waals surface area (Å²) in [6.07, 6.45) is 2.47. The topological polar surface area (TPSA) is 95.7 Å². The van der Waals surface area contributed by atoms with Crippen LogP contribution in [0.15, 0.2) is 18.2 Å². The molecule has 1 fully saturated rings. The van der Waals surface area contributed by atoms with E-state index in [9.17, 15) is 14.9 Å². The molecule has 1 aliphatic rings. The number of hydrogen-bond acceptors (Lipinski definition) is 5. The third kappa shape index (κ3) is 4.44. The van der Waals surface area contributed by atoms with Gasteiger partial charge in [-0.15, -0.1) is 0 Å². The number of nitro benzene ring substituents is 1. The van der Waals surface area contributed by atoms with E-state index in [1.807, 2.05) is 4.90 Å². The van der Waals surface area contributed by atoms with E-state index in [4.69, 9.17) is 5.11 Å². The summed E-state index contributed by atoms with van der Waals surface area (Å²) in [5, 5.41) is 23.1.